The predicted molar refractivity (Wildman–Crippen MR) is 74.3 cm³/mol. The summed E-state index contributed by atoms with van der Waals surface area (Å²) in [6.07, 6.45) is 2.74. The van der Waals surface area contributed by atoms with E-state index in [0.717, 1.165) is 12.3 Å². The highest BCUT2D eigenvalue weighted by atomic mass is 16.5. The molecule has 2 aliphatic rings. The lowest BCUT2D eigenvalue weighted by atomic mass is 10.1. The molecule has 3 rings (SSSR count). The number of methoxy groups -OCH3 is 1. The summed E-state index contributed by atoms with van der Waals surface area (Å²) in [5.74, 6) is 0.946. The van der Waals surface area contributed by atoms with Crippen molar-refractivity contribution in [3.8, 4) is 5.75 Å². The van der Waals surface area contributed by atoms with Gasteiger partial charge < -0.3 is 15.0 Å². The minimum absolute atomic E-state index is 0.536. The first-order valence-corrected chi connectivity index (χ1v) is 6.84. The molecular weight excluding hydrogens is 224 g/mol. The van der Waals surface area contributed by atoms with Gasteiger partial charge in [-0.2, -0.15) is 0 Å². The van der Waals surface area contributed by atoms with Gasteiger partial charge in [-0.1, -0.05) is 6.07 Å². The van der Waals surface area contributed by atoms with E-state index >= 15 is 0 Å². The summed E-state index contributed by atoms with van der Waals surface area (Å²) in [6.45, 7) is 5.72. The Hall–Kier alpha value is -1.22. The Labute approximate surface area is 109 Å². The van der Waals surface area contributed by atoms with Crippen LogP contribution in [0.2, 0.25) is 0 Å². The summed E-state index contributed by atoms with van der Waals surface area (Å²) in [7, 11) is 1.73. The van der Waals surface area contributed by atoms with Crippen LogP contribution >= 0.6 is 0 Å². The molecule has 0 aromatic heterocycles. The van der Waals surface area contributed by atoms with Gasteiger partial charge in [0.1, 0.15) is 5.75 Å². The lowest BCUT2D eigenvalue weighted by molar-refractivity contribution is 0.414. The highest BCUT2D eigenvalue weighted by molar-refractivity contribution is 5.52. The third-order valence-corrected chi connectivity index (χ3v) is 4.32. The molecule has 1 saturated carbocycles. The number of rotatable bonds is 2. The van der Waals surface area contributed by atoms with Crippen LogP contribution in [0, 0.1) is 5.41 Å². The van der Waals surface area contributed by atoms with Crippen LogP contribution in [0.25, 0.3) is 0 Å². The normalized spacial score (nSPS) is 25.9. The molecule has 1 unspecified atom stereocenters. The van der Waals surface area contributed by atoms with E-state index in [2.05, 4.69) is 35.3 Å². The Kier molecular flexibility index (Phi) is 2.94. The Morgan fingerprint density at radius 2 is 2.22 bits per heavy atom. The summed E-state index contributed by atoms with van der Waals surface area (Å²) >= 11 is 0. The number of hydrogen-bond acceptors (Lipinski definition) is 3. The van der Waals surface area contributed by atoms with Crippen LogP contribution in [0.15, 0.2) is 24.3 Å². The monoisotopic (exact) mass is 246 g/mol. The molecule has 1 aliphatic carbocycles. The largest absolute Gasteiger partial charge is 0.497 e. The molecule has 1 heterocycles. The van der Waals surface area contributed by atoms with Gasteiger partial charge in [-0.05, 0) is 31.9 Å². The first-order valence-electron chi connectivity index (χ1n) is 6.84. The molecule has 1 spiro atoms. The summed E-state index contributed by atoms with van der Waals surface area (Å²) in [4.78, 5) is 2.54. The molecule has 98 valence electrons. The third kappa shape index (κ3) is 2.19. The summed E-state index contributed by atoms with van der Waals surface area (Å²) in [6, 6.07) is 8.98. The molecular formula is C15H22N2O. The minimum Gasteiger partial charge on any atom is -0.497 e. The zero-order chi connectivity index (χ0) is 12.6. The van der Waals surface area contributed by atoms with Crippen molar-refractivity contribution in [1.29, 1.82) is 0 Å². The SMILES string of the molecule is COc1cccc(N2CC3(CC3)CNCC2C)c1. The van der Waals surface area contributed by atoms with Crippen molar-refractivity contribution in [2.45, 2.75) is 25.8 Å². The number of nitrogens with zero attached hydrogens (tertiary/aromatic N) is 1. The summed E-state index contributed by atoms with van der Waals surface area (Å²) in [5, 5.41) is 3.61. The maximum Gasteiger partial charge on any atom is 0.120 e. The van der Waals surface area contributed by atoms with Gasteiger partial charge in [0.15, 0.2) is 0 Å². The van der Waals surface area contributed by atoms with Gasteiger partial charge in [0, 0.05) is 42.8 Å². The average molecular weight is 246 g/mol. The molecule has 2 fully saturated rings. The lowest BCUT2D eigenvalue weighted by Gasteiger charge is -2.31. The van der Waals surface area contributed by atoms with Crippen molar-refractivity contribution in [3.63, 3.8) is 0 Å². The second kappa shape index (κ2) is 4.47. The molecule has 1 aliphatic heterocycles. The van der Waals surface area contributed by atoms with Crippen LogP contribution in [0.5, 0.6) is 5.75 Å². The Balaban J connectivity index is 1.87. The van der Waals surface area contributed by atoms with E-state index in [-0.39, 0.29) is 0 Å². The molecule has 18 heavy (non-hydrogen) atoms. The minimum atomic E-state index is 0.536. The van der Waals surface area contributed by atoms with Crippen LogP contribution in [-0.2, 0) is 0 Å². The van der Waals surface area contributed by atoms with Crippen molar-refractivity contribution >= 4 is 5.69 Å². The number of anilines is 1. The fourth-order valence-electron chi connectivity index (χ4n) is 2.88. The van der Waals surface area contributed by atoms with Gasteiger partial charge in [0.25, 0.3) is 0 Å². The number of hydrogen-bond donors (Lipinski definition) is 1. The van der Waals surface area contributed by atoms with E-state index in [1.165, 1.54) is 31.6 Å². The van der Waals surface area contributed by atoms with Crippen LogP contribution < -0.4 is 15.0 Å². The molecule has 3 heteroatoms. The van der Waals surface area contributed by atoms with Crippen LogP contribution in [0.1, 0.15) is 19.8 Å². The summed E-state index contributed by atoms with van der Waals surface area (Å²) < 4.78 is 5.34. The van der Waals surface area contributed by atoms with E-state index in [0.29, 0.717) is 11.5 Å². The molecule has 3 nitrogen and oxygen atoms in total. The molecule has 0 amide bonds. The van der Waals surface area contributed by atoms with Crippen molar-refractivity contribution in [3.05, 3.63) is 24.3 Å². The zero-order valence-corrected chi connectivity index (χ0v) is 11.3. The van der Waals surface area contributed by atoms with Crippen molar-refractivity contribution in [2.24, 2.45) is 5.41 Å². The van der Waals surface area contributed by atoms with Gasteiger partial charge in [0.2, 0.25) is 0 Å². The first kappa shape index (κ1) is 11.8. The topological polar surface area (TPSA) is 24.5 Å². The quantitative estimate of drug-likeness (QED) is 0.866. The second-order valence-electron chi connectivity index (χ2n) is 5.81. The maximum atomic E-state index is 5.34. The van der Waals surface area contributed by atoms with Crippen molar-refractivity contribution < 1.29 is 4.74 Å². The van der Waals surface area contributed by atoms with E-state index in [4.69, 9.17) is 4.74 Å². The van der Waals surface area contributed by atoms with Crippen LogP contribution in [-0.4, -0.2) is 32.8 Å². The second-order valence-corrected chi connectivity index (χ2v) is 5.81. The molecule has 1 aromatic rings. The van der Waals surface area contributed by atoms with Gasteiger partial charge in [-0.15, -0.1) is 0 Å². The highest BCUT2D eigenvalue weighted by Crippen LogP contribution is 2.47. The molecule has 0 bridgehead atoms. The van der Waals surface area contributed by atoms with Crippen molar-refractivity contribution in [2.75, 3.05) is 31.6 Å². The van der Waals surface area contributed by atoms with E-state index in [1.807, 2.05) is 6.07 Å². The Bertz CT molecular complexity index is 428. The molecule has 0 radical (unpaired) electrons. The highest BCUT2D eigenvalue weighted by Gasteiger charge is 2.45. The third-order valence-electron chi connectivity index (χ3n) is 4.32. The van der Waals surface area contributed by atoms with Gasteiger partial charge in [-0.3, -0.25) is 0 Å². The lowest BCUT2D eigenvalue weighted by Crippen LogP contribution is -2.38. The van der Waals surface area contributed by atoms with Crippen LogP contribution in [0.4, 0.5) is 5.69 Å². The summed E-state index contributed by atoms with van der Waals surface area (Å²) in [5.41, 5.74) is 1.82. The predicted octanol–water partition coefficient (Wildman–Crippen LogP) is 2.27. The molecule has 1 atom stereocenters. The number of ether oxygens (including phenoxy) is 1. The van der Waals surface area contributed by atoms with Gasteiger partial charge in [0.05, 0.1) is 7.11 Å². The molecule has 1 saturated heterocycles. The van der Waals surface area contributed by atoms with Gasteiger partial charge in [-0.25, -0.2) is 0 Å². The molecule has 1 aromatic carbocycles. The van der Waals surface area contributed by atoms with E-state index in [1.54, 1.807) is 7.11 Å². The zero-order valence-electron chi connectivity index (χ0n) is 11.3. The van der Waals surface area contributed by atoms with E-state index in [9.17, 15) is 0 Å². The Morgan fingerprint density at radius 1 is 1.39 bits per heavy atom. The Morgan fingerprint density at radius 3 is 2.94 bits per heavy atom. The number of benzene rings is 1. The fourth-order valence-corrected chi connectivity index (χ4v) is 2.88. The smallest absolute Gasteiger partial charge is 0.120 e. The van der Waals surface area contributed by atoms with Crippen molar-refractivity contribution in [1.82, 2.24) is 5.32 Å². The first-order chi connectivity index (χ1) is 8.72. The fraction of sp³-hybridized carbons (Fsp3) is 0.600. The average Bonchev–Trinajstić information content (AvgIpc) is 3.18. The number of nitrogens with one attached hydrogen (secondary N) is 1. The maximum absolute atomic E-state index is 5.34. The van der Waals surface area contributed by atoms with E-state index < -0.39 is 0 Å². The molecule has 1 N–H and O–H groups in total. The van der Waals surface area contributed by atoms with Crippen LogP contribution in [0.3, 0.4) is 0 Å². The van der Waals surface area contributed by atoms with Gasteiger partial charge >= 0.3 is 0 Å². The standard InChI is InChI=1S/C15H22N2O/c1-12-9-16-10-15(6-7-15)11-17(12)13-4-3-5-14(8-13)18-2/h3-5,8,12,16H,6-7,9-11H2,1-2H3.